The first-order chi connectivity index (χ1) is 18.9. The van der Waals surface area contributed by atoms with Crippen molar-refractivity contribution in [2.24, 2.45) is 5.92 Å². The average molecular weight is 596 g/mol. The minimum absolute atomic E-state index is 0.0321. The van der Waals surface area contributed by atoms with Gasteiger partial charge in [-0.15, -0.1) is 0 Å². The van der Waals surface area contributed by atoms with Crippen LogP contribution in [0.25, 0.3) is 0 Å². The summed E-state index contributed by atoms with van der Waals surface area (Å²) in [6.45, 7) is 0.234. The molecule has 5 rings (SSSR count). The molecule has 2 amide bonds. The van der Waals surface area contributed by atoms with Gasteiger partial charge < -0.3 is 15.3 Å². The molecule has 0 bridgehead atoms. The molecule has 0 spiro atoms. The standard InChI is InChI=1S/C28H23Cl2F4N3O3/c29-16-12-18(24(35-13-16)28(32,33)34)25(38)36-17-10-8-15(9-11-17)14-37-22-7-2-1-4-19(22)27(40,26(37)39)20-5-3-6-21(30)23(20)31/h1-7,12-13,15,17,40H,8-11,14H2,(H,36,38). The van der Waals surface area contributed by atoms with Gasteiger partial charge in [-0.25, -0.2) is 9.37 Å². The summed E-state index contributed by atoms with van der Waals surface area (Å²) in [5.41, 5.74) is -3.74. The molecule has 40 heavy (non-hydrogen) atoms. The van der Waals surface area contributed by atoms with Crippen LogP contribution in [0.4, 0.5) is 23.2 Å². The monoisotopic (exact) mass is 595 g/mol. The van der Waals surface area contributed by atoms with Crippen LogP contribution in [-0.4, -0.2) is 34.5 Å². The van der Waals surface area contributed by atoms with Gasteiger partial charge >= 0.3 is 6.18 Å². The number of nitrogens with zero attached hydrogens (tertiary/aromatic N) is 2. The van der Waals surface area contributed by atoms with Crippen LogP contribution in [0.1, 0.15) is 52.9 Å². The molecule has 6 nitrogen and oxygen atoms in total. The topological polar surface area (TPSA) is 82.5 Å². The van der Waals surface area contributed by atoms with Gasteiger partial charge in [-0.1, -0.05) is 53.5 Å². The number of amides is 2. The number of para-hydroxylation sites is 1. The van der Waals surface area contributed by atoms with E-state index in [0.29, 0.717) is 31.4 Å². The zero-order valence-corrected chi connectivity index (χ0v) is 22.3. The number of benzene rings is 2. The molecule has 1 aliphatic heterocycles. The largest absolute Gasteiger partial charge is 0.434 e. The third-order valence-corrected chi connectivity index (χ3v) is 7.97. The molecule has 1 atom stereocenters. The number of fused-ring (bicyclic) bond motifs is 1. The van der Waals surface area contributed by atoms with Gasteiger partial charge in [0.2, 0.25) is 0 Å². The number of halogens is 6. The summed E-state index contributed by atoms with van der Waals surface area (Å²) in [5.74, 6) is -2.52. The number of hydrogen-bond donors (Lipinski definition) is 2. The molecule has 3 aromatic rings. The Labute approximate surface area is 236 Å². The van der Waals surface area contributed by atoms with Crippen molar-refractivity contribution in [2.75, 3.05) is 11.4 Å². The molecule has 1 saturated carbocycles. The van der Waals surface area contributed by atoms with Gasteiger partial charge in [-0.2, -0.15) is 13.2 Å². The highest BCUT2D eigenvalue weighted by Crippen LogP contribution is 2.46. The Morgan fingerprint density at radius 1 is 1.07 bits per heavy atom. The molecular formula is C28H23Cl2F4N3O3. The van der Waals surface area contributed by atoms with Gasteiger partial charge in [0.15, 0.2) is 11.3 Å². The Morgan fingerprint density at radius 3 is 2.45 bits per heavy atom. The van der Waals surface area contributed by atoms with Crippen LogP contribution >= 0.6 is 23.2 Å². The molecular weight excluding hydrogens is 573 g/mol. The van der Waals surface area contributed by atoms with Crippen molar-refractivity contribution >= 4 is 40.7 Å². The van der Waals surface area contributed by atoms with Crippen LogP contribution in [0, 0.1) is 11.7 Å². The van der Waals surface area contributed by atoms with E-state index in [4.69, 9.17) is 23.2 Å². The van der Waals surface area contributed by atoms with Crippen molar-refractivity contribution in [3.63, 3.8) is 0 Å². The third kappa shape index (κ3) is 5.04. The molecule has 12 heteroatoms. The second-order valence-corrected chi connectivity index (χ2v) is 10.8. The Balaban J connectivity index is 1.29. The SMILES string of the molecule is O=C(NC1CCC(CN2C(=O)C(O)(c3cccc(Cl)c3F)c3ccccc32)CC1)c1cc(Cl)cnc1C(F)(F)F. The normalized spacial score (nSPS) is 22.8. The van der Waals surface area contributed by atoms with E-state index in [0.717, 1.165) is 12.3 Å². The lowest BCUT2D eigenvalue weighted by atomic mass is 9.85. The van der Waals surface area contributed by atoms with Crippen LogP contribution < -0.4 is 10.2 Å². The summed E-state index contributed by atoms with van der Waals surface area (Å²) in [4.78, 5) is 31.1. The fraction of sp³-hybridized carbons (Fsp3) is 0.321. The highest BCUT2D eigenvalue weighted by Gasteiger charge is 2.52. The molecule has 0 radical (unpaired) electrons. The maximum absolute atomic E-state index is 15.0. The molecule has 1 unspecified atom stereocenters. The second kappa shape index (κ2) is 10.6. The maximum atomic E-state index is 15.0. The lowest BCUT2D eigenvalue weighted by molar-refractivity contribution is -0.141. The van der Waals surface area contributed by atoms with Crippen molar-refractivity contribution in [1.82, 2.24) is 10.3 Å². The highest BCUT2D eigenvalue weighted by molar-refractivity contribution is 6.31. The van der Waals surface area contributed by atoms with E-state index in [-0.39, 0.29) is 39.7 Å². The van der Waals surface area contributed by atoms with Gasteiger partial charge in [0.25, 0.3) is 11.8 Å². The van der Waals surface area contributed by atoms with Gasteiger partial charge in [-0.05, 0) is 49.8 Å². The van der Waals surface area contributed by atoms with Crippen molar-refractivity contribution in [3.05, 3.63) is 93.0 Å². The van der Waals surface area contributed by atoms with Crippen LogP contribution in [-0.2, 0) is 16.6 Å². The number of alkyl halides is 3. The molecule has 1 aliphatic carbocycles. The predicted octanol–water partition coefficient (Wildman–Crippen LogP) is 6.12. The van der Waals surface area contributed by atoms with E-state index in [9.17, 15) is 32.3 Å². The van der Waals surface area contributed by atoms with Gasteiger partial charge in [0.1, 0.15) is 5.82 Å². The zero-order chi connectivity index (χ0) is 28.8. The number of anilines is 1. The molecule has 2 N–H and O–H groups in total. The van der Waals surface area contributed by atoms with Crippen LogP contribution in [0.3, 0.4) is 0 Å². The van der Waals surface area contributed by atoms with Crippen molar-refractivity contribution in [1.29, 1.82) is 0 Å². The van der Waals surface area contributed by atoms with E-state index >= 15 is 0 Å². The maximum Gasteiger partial charge on any atom is 0.434 e. The summed E-state index contributed by atoms with van der Waals surface area (Å²) in [5, 5.41) is 13.9. The number of aliphatic hydroxyl groups is 1. The molecule has 2 heterocycles. The molecule has 210 valence electrons. The fourth-order valence-electron chi connectivity index (χ4n) is 5.51. The van der Waals surface area contributed by atoms with Crippen LogP contribution in [0.2, 0.25) is 10.0 Å². The summed E-state index contributed by atoms with van der Waals surface area (Å²) >= 11 is 11.7. The molecule has 2 aliphatic rings. The van der Waals surface area contributed by atoms with E-state index < -0.39 is 40.7 Å². The number of carbonyl (C=O) groups is 2. The second-order valence-electron chi connectivity index (χ2n) is 9.98. The number of pyridine rings is 1. The molecule has 1 aromatic heterocycles. The quantitative estimate of drug-likeness (QED) is 0.348. The van der Waals surface area contributed by atoms with Gasteiger partial charge in [0.05, 0.1) is 21.3 Å². The number of carbonyl (C=O) groups excluding carboxylic acids is 2. The predicted molar refractivity (Wildman–Crippen MR) is 141 cm³/mol. The van der Waals surface area contributed by atoms with Crippen molar-refractivity contribution in [2.45, 2.75) is 43.5 Å². The van der Waals surface area contributed by atoms with Gasteiger partial charge in [-0.3, -0.25) is 9.59 Å². The van der Waals surface area contributed by atoms with Crippen molar-refractivity contribution < 1.29 is 32.3 Å². The number of hydrogen-bond acceptors (Lipinski definition) is 4. The smallest absolute Gasteiger partial charge is 0.372 e. The molecule has 0 saturated heterocycles. The first-order valence-corrected chi connectivity index (χ1v) is 13.3. The number of nitrogens with one attached hydrogen (secondary N) is 1. The summed E-state index contributed by atoms with van der Waals surface area (Å²) in [6.07, 6.45) is -1.94. The average Bonchev–Trinajstić information content (AvgIpc) is 3.13. The summed E-state index contributed by atoms with van der Waals surface area (Å²) < 4.78 is 55.0. The Morgan fingerprint density at radius 2 is 1.75 bits per heavy atom. The molecule has 2 aromatic carbocycles. The Hall–Kier alpha value is -3.21. The first-order valence-electron chi connectivity index (χ1n) is 12.5. The fourth-order valence-corrected chi connectivity index (χ4v) is 5.84. The zero-order valence-electron chi connectivity index (χ0n) is 20.8. The highest BCUT2D eigenvalue weighted by atomic mass is 35.5. The Bertz CT molecular complexity index is 1480. The lowest BCUT2D eigenvalue weighted by Crippen LogP contribution is -2.45. The lowest BCUT2D eigenvalue weighted by Gasteiger charge is -2.32. The number of rotatable bonds is 5. The first kappa shape index (κ1) is 28.3. The van der Waals surface area contributed by atoms with E-state index in [2.05, 4.69) is 10.3 Å². The van der Waals surface area contributed by atoms with Crippen molar-refractivity contribution in [3.8, 4) is 0 Å². The van der Waals surface area contributed by atoms with E-state index in [1.807, 2.05) is 0 Å². The summed E-state index contributed by atoms with van der Waals surface area (Å²) in [6, 6.07) is 11.3. The van der Waals surface area contributed by atoms with E-state index in [1.165, 1.54) is 23.1 Å². The minimum Gasteiger partial charge on any atom is -0.372 e. The Kier molecular flexibility index (Phi) is 7.54. The van der Waals surface area contributed by atoms with Crippen LogP contribution in [0.5, 0.6) is 0 Å². The summed E-state index contributed by atoms with van der Waals surface area (Å²) in [7, 11) is 0. The van der Waals surface area contributed by atoms with Crippen LogP contribution in [0.15, 0.2) is 54.7 Å². The third-order valence-electron chi connectivity index (χ3n) is 7.47. The van der Waals surface area contributed by atoms with E-state index in [1.54, 1.807) is 24.3 Å². The van der Waals surface area contributed by atoms with Gasteiger partial charge in [0, 0.05) is 29.9 Å². The number of aromatic nitrogens is 1. The molecule has 1 fully saturated rings. The minimum atomic E-state index is -4.82.